The van der Waals surface area contributed by atoms with Gasteiger partial charge in [-0.1, -0.05) is 20.4 Å². The van der Waals surface area contributed by atoms with Crippen molar-refractivity contribution < 1.29 is 4.79 Å². The number of carbonyl (C=O) groups is 1. The average Bonchev–Trinajstić information content (AvgIpc) is 2.16. The van der Waals surface area contributed by atoms with E-state index in [1.807, 2.05) is 4.90 Å². The molecular weight excluding hydrogens is 174 g/mol. The molecule has 0 aliphatic carbocycles. The van der Waals surface area contributed by atoms with Crippen LogP contribution in [0.4, 0.5) is 0 Å². The van der Waals surface area contributed by atoms with Gasteiger partial charge in [-0.3, -0.25) is 4.79 Å². The average molecular weight is 195 g/mol. The fraction of sp³-hybridized carbons (Fsp3) is 0.750. The molecule has 0 aromatic heterocycles. The Balaban J connectivity index is 2.58. The minimum Gasteiger partial charge on any atom is -0.336 e. The Morgan fingerprint density at radius 2 is 2.29 bits per heavy atom. The molecule has 1 heterocycles. The topological polar surface area (TPSA) is 20.3 Å². The van der Waals surface area contributed by atoms with Crippen LogP contribution >= 0.6 is 0 Å². The number of nitrogens with zero attached hydrogens (tertiary/aromatic N) is 1. The van der Waals surface area contributed by atoms with Crippen molar-refractivity contribution in [2.45, 2.75) is 45.6 Å². The third kappa shape index (κ3) is 2.86. The fourth-order valence-electron chi connectivity index (χ4n) is 2.20. The molecule has 1 aliphatic rings. The third-order valence-corrected chi connectivity index (χ3v) is 2.83. The first-order valence-corrected chi connectivity index (χ1v) is 5.58. The molecule has 80 valence electrons. The Hall–Kier alpha value is -0.790. The zero-order valence-corrected chi connectivity index (χ0v) is 9.33. The van der Waals surface area contributed by atoms with Crippen molar-refractivity contribution in [3.63, 3.8) is 0 Å². The number of hydrogen-bond donors (Lipinski definition) is 0. The van der Waals surface area contributed by atoms with E-state index in [2.05, 4.69) is 20.4 Å². The summed E-state index contributed by atoms with van der Waals surface area (Å²) >= 11 is 0. The summed E-state index contributed by atoms with van der Waals surface area (Å²) in [6, 6.07) is 0.453. The van der Waals surface area contributed by atoms with E-state index >= 15 is 0 Å². The van der Waals surface area contributed by atoms with Crippen LogP contribution in [0.2, 0.25) is 0 Å². The number of likely N-dealkylation sites (tertiary alicyclic amines) is 1. The van der Waals surface area contributed by atoms with E-state index in [1.165, 1.54) is 12.5 Å². The van der Waals surface area contributed by atoms with Crippen molar-refractivity contribution in [2.24, 2.45) is 5.92 Å². The molecule has 0 bridgehead atoms. The van der Waals surface area contributed by atoms with Crippen LogP contribution in [-0.2, 0) is 4.79 Å². The van der Waals surface area contributed by atoms with Crippen molar-refractivity contribution in [1.82, 2.24) is 4.90 Å². The highest BCUT2D eigenvalue weighted by Crippen LogP contribution is 2.22. The zero-order chi connectivity index (χ0) is 10.6. The van der Waals surface area contributed by atoms with E-state index in [9.17, 15) is 4.79 Å². The summed E-state index contributed by atoms with van der Waals surface area (Å²) in [4.78, 5) is 13.6. The van der Waals surface area contributed by atoms with Crippen LogP contribution in [0.3, 0.4) is 0 Å². The lowest BCUT2D eigenvalue weighted by Crippen LogP contribution is -2.43. The van der Waals surface area contributed by atoms with Crippen LogP contribution in [0.1, 0.15) is 39.5 Å². The molecule has 14 heavy (non-hydrogen) atoms. The smallest absolute Gasteiger partial charge is 0.246 e. The van der Waals surface area contributed by atoms with Crippen LogP contribution < -0.4 is 0 Å². The summed E-state index contributed by atoms with van der Waals surface area (Å²) in [6.07, 6.45) is 6.14. The van der Waals surface area contributed by atoms with Crippen molar-refractivity contribution in [3.05, 3.63) is 12.7 Å². The second-order valence-electron chi connectivity index (χ2n) is 4.51. The lowest BCUT2D eigenvalue weighted by atomic mass is 9.94. The molecule has 1 rings (SSSR count). The van der Waals surface area contributed by atoms with Gasteiger partial charge in [-0.05, 0) is 37.7 Å². The SMILES string of the molecule is C=CC(=O)N1CCCC[C@@H]1CC(C)C. The standard InChI is InChI=1S/C12H21NO/c1-4-12(14)13-8-6-5-7-11(13)9-10(2)3/h4,10-11H,1,5-9H2,2-3H3/t11-/m1/s1. The number of amides is 1. The van der Waals surface area contributed by atoms with Crippen LogP contribution in [-0.4, -0.2) is 23.4 Å². The van der Waals surface area contributed by atoms with Gasteiger partial charge in [0.15, 0.2) is 0 Å². The van der Waals surface area contributed by atoms with E-state index < -0.39 is 0 Å². The summed E-state index contributed by atoms with van der Waals surface area (Å²) in [6.45, 7) is 8.90. The molecule has 1 saturated heterocycles. The van der Waals surface area contributed by atoms with Gasteiger partial charge in [0.1, 0.15) is 0 Å². The van der Waals surface area contributed by atoms with E-state index in [0.717, 1.165) is 25.8 Å². The molecule has 0 aromatic carbocycles. The predicted molar refractivity (Wildman–Crippen MR) is 59.0 cm³/mol. The van der Waals surface area contributed by atoms with Gasteiger partial charge in [-0.25, -0.2) is 0 Å². The first-order chi connectivity index (χ1) is 6.65. The number of hydrogen-bond acceptors (Lipinski definition) is 1. The van der Waals surface area contributed by atoms with E-state index in [1.54, 1.807) is 0 Å². The van der Waals surface area contributed by atoms with Crippen LogP contribution in [0.5, 0.6) is 0 Å². The van der Waals surface area contributed by atoms with Crippen LogP contribution in [0.25, 0.3) is 0 Å². The highest BCUT2D eigenvalue weighted by molar-refractivity contribution is 5.87. The van der Waals surface area contributed by atoms with Crippen LogP contribution in [0, 0.1) is 5.92 Å². The number of carbonyl (C=O) groups excluding carboxylic acids is 1. The maximum absolute atomic E-state index is 11.6. The molecule has 0 radical (unpaired) electrons. The van der Waals surface area contributed by atoms with Crippen molar-refractivity contribution >= 4 is 5.91 Å². The lowest BCUT2D eigenvalue weighted by Gasteiger charge is -2.36. The Labute approximate surface area is 87.0 Å². The Morgan fingerprint density at radius 3 is 2.86 bits per heavy atom. The summed E-state index contributed by atoms with van der Waals surface area (Å²) in [5.41, 5.74) is 0. The monoisotopic (exact) mass is 195 g/mol. The van der Waals surface area contributed by atoms with Gasteiger partial charge in [0.2, 0.25) is 5.91 Å². The molecule has 1 fully saturated rings. The molecule has 1 amide bonds. The Kier molecular flexibility index (Phi) is 4.18. The molecule has 0 saturated carbocycles. The summed E-state index contributed by atoms with van der Waals surface area (Å²) in [5, 5.41) is 0. The first kappa shape index (κ1) is 11.3. The molecule has 0 aromatic rings. The van der Waals surface area contributed by atoms with Crippen molar-refractivity contribution in [1.29, 1.82) is 0 Å². The lowest BCUT2D eigenvalue weighted by molar-refractivity contribution is -0.129. The minimum absolute atomic E-state index is 0.107. The van der Waals surface area contributed by atoms with Crippen LogP contribution in [0.15, 0.2) is 12.7 Å². The summed E-state index contributed by atoms with van der Waals surface area (Å²) in [5.74, 6) is 0.772. The summed E-state index contributed by atoms with van der Waals surface area (Å²) < 4.78 is 0. The van der Waals surface area contributed by atoms with Gasteiger partial charge in [-0.2, -0.15) is 0 Å². The van der Waals surface area contributed by atoms with E-state index in [4.69, 9.17) is 0 Å². The molecule has 0 spiro atoms. The zero-order valence-electron chi connectivity index (χ0n) is 9.33. The molecule has 2 heteroatoms. The second kappa shape index (κ2) is 5.18. The number of piperidine rings is 1. The molecule has 2 nitrogen and oxygen atoms in total. The highest BCUT2D eigenvalue weighted by Gasteiger charge is 2.25. The van der Waals surface area contributed by atoms with Gasteiger partial charge in [-0.15, -0.1) is 0 Å². The second-order valence-corrected chi connectivity index (χ2v) is 4.51. The van der Waals surface area contributed by atoms with Gasteiger partial charge in [0.05, 0.1) is 0 Å². The van der Waals surface area contributed by atoms with Gasteiger partial charge in [0, 0.05) is 12.6 Å². The fourth-order valence-corrected chi connectivity index (χ4v) is 2.20. The van der Waals surface area contributed by atoms with Gasteiger partial charge >= 0.3 is 0 Å². The quantitative estimate of drug-likeness (QED) is 0.634. The molecule has 0 unspecified atom stereocenters. The summed E-state index contributed by atoms with van der Waals surface area (Å²) in [7, 11) is 0. The Morgan fingerprint density at radius 1 is 1.57 bits per heavy atom. The van der Waals surface area contributed by atoms with E-state index in [-0.39, 0.29) is 5.91 Å². The van der Waals surface area contributed by atoms with Crippen molar-refractivity contribution in [2.75, 3.05) is 6.54 Å². The maximum atomic E-state index is 11.6. The maximum Gasteiger partial charge on any atom is 0.246 e. The van der Waals surface area contributed by atoms with Gasteiger partial charge in [0.25, 0.3) is 0 Å². The minimum atomic E-state index is 0.107. The van der Waals surface area contributed by atoms with E-state index in [0.29, 0.717) is 12.0 Å². The van der Waals surface area contributed by atoms with Gasteiger partial charge < -0.3 is 4.90 Å². The molecule has 0 N–H and O–H groups in total. The molecule has 1 aliphatic heterocycles. The largest absolute Gasteiger partial charge is 0.336 e. The molecule has 1 atom stereocenters. The Bertz CT molecular complexity index is 210. The van der Waals surface area contributed by atoms with Crippen molar-refractivity contribution in [3.8, 4) is 0 Å². The third-order valence-electron chi connectivity index (χ3n) is 2.83. The normalized spacial score (nSPS) is 22.5. The first-order valence-electron chi connectivity index (χ1n) is 5.58. The molecular formula is C12H21NO. The highest BCUT2D eigenvalue weighted by atomic mass is 16.2. The number of rotatable bonds is 3. The predicted octanol–water partition coefficient (Wildman–Crippen LogP) is 2.60.